The van der Waals surface area contributed by atoms with Gasteiger partial charge in [0.15, 0.2) is 0 Å². The molecule has 134 valence electrons. The molecule has 1 aromatic heterocycles. The summed E-state index contributed by atoms with van der Waals surface area (Å²) in [6.45, 7) is 2.22. The highest BCUT2D eigenvalue weighted by Crippen LogP contribution is 2.36. The molecule has 1 amide bonds. The molecule has 3 rings (SSSR count). The first kappa shape index (κ1) is 18.0. The molecule has 1 aromatic carbocycles. The van der Waals surface area contributed by atoms with E-state index in [2.05, 4.69) is 22.8 Å². The maximum atomic E-state index is 12.3. The summed E-state index contributed by atoms with van der Waals surface area (Å²) in [6, 6.07) is 12.2. The Morgan fingerprint density at radius 1 is 1.24 bits per heavy atom. The minimum absolute atomic E-state index is 0.0300. The molecule has 1 saturated heterocycles. The van der Waals surface area contributed by atoms with Gasteiger partial charge in [-0.25, -0.2) is 0 Å². The SMILES string of the molecule is COc1ccc(CCC(=O)NCC2(c3cccs3)CCOCC2)cc1. The van der Waals surface area contributed by atoms with E-state index >= 15 is 0 Å². The van der Waals surface area contributed by atoms with Gasteiger partial charge in [-0.05, 0) is 48.4 Å². The second-order valence-electron chi connectivity index (χ2n) is 6.49. The van der Waals surface area contributed by atoms with Crippen molar-refractivity contribution in [1.29, 1.82) is 0 Å². The van der Waals surface area contributed by atoms with Crippen LogP contribution in [0.2, 0.25) is 0 Å². The first-order chi connectivity index (χ1) is 12.2. The summed E-state index contributed by atoms with van der Waals surface area (Å²) in [5.74, 6) is 0.948. The molecule has 0 atom stereocenters. The average molecular weight is 359 g/mol. The van der Waals surface area contributed by atoms with Crippen molar-refractivity contribution >= 4 is 17.2 Å². The highest BCUT2D eigenvalue weighted by atomic mass is 32.1. The van der Waals surface area contributed by atoms with Crippen molar-refractivity contribution in [2.45, 2.75) is 31.1 Å². The smallest absolute Gasteiger partial charge is 0.220 e. The Morgan fingerprint density at radius 2 is 2.00 bits per heavy atom. The van der Waals surface area contributed by atoms with Gasteiger partial charge in [-0.3, -0.25) is 4.79 Å². The lowest BCUT2D eigenvalue weighted by Crippen LogP contribution is -2.44. The molecule has 1 fully saturated rings. The number of ether oxygens (including phenoxy) is 2. The first-order valence-corrected chi connectivity index (χ1v) is 9.61. The van der Waals surface area contributed by atoms with E-state index in [1.165, 1.54) is 4.88 Å². The van der Waals surface area contributed by atoms with Crippen molar-refractivity contribution in [2.24, 2.45) is 0 Å². The van der Waals surface area contributed by atoms with E-state index in [-0.39, 0.29) is 11.3 Å². The molecule has 0 radical (unpaired) electrons. The number of nitrogens with one attached hydrogen (secondary N) is 1. The van der Waals surface area contributed by atoms with Gasteiger partial charge in [0.1, 0.15) is 5.75 Å². The quantitative estimate of drug-likeness (QED) is 0.822. The zero-order valence-electron chi connectivity index (χ0n) is 14.6. The number of methoxy groups -OCH3 is 1. The van der Waals surface area contributed by atoms with Gasteiger partial charge in [0, 0.05) is 36.5 Å². The zero-order chi connectivity index (χ0) is 17.5. The van der Waals surface area contributed by atoms with Gasteiger partial charge in [-0.2, -0.15) is 0 Å². The molecule has 2 heterocycles. The van der Waals surface area contributed by atoms with E-state index in [0.29, 0.717) is 13.0 Å². The molecule has 5 heteroatoms. The lowest BCUT2D eigenvalue weighted by molar-refractivity contribution is -0.121. The number of carbonyl (C=O) groups excluding carboxylic acids is 1. The number of amides is 1. The van der Waals surface area contributed by atoms with Crippen LogP contribution in [0.25, 0.3) is 0 Å². The molecule has 25 heavy (non-hydrogen) atoms. The van der Waals surface area contributed by atoms with Crippen LogP contribution in [0.3, 0.4) is 0 Å². The monoisotopic (exact) mass is 359 g/mol. The van der Waals surface area contributed by atoms with Crippen LogP contribution in [0.5, 0.6) is 5.75 Å². The average Bonchev–Trinajstić information content (AvgIpc) is 3.21. The number of aryl methyl sites for hydroxylation is 1. The van der Waals surface area contributed by atoms with Crippen LogP contribution in [0.15, 0.2) is 41.8 Å². The van der Waals surface area contributed by atoms with E-state index in [4.69, 9.17) is 9.47 Å². The maximum Gasteiger partial charge on any atom is 0.220 e. The largest absolute Gasteiger partial charge is 0.497 e. The number of hydrogen-bond donors (Lipinski definition) is 1. The lowest BCUT2D eigenvalue weighted by atomic mass is 9.78. The Labute approximate surface area is 153 Å². The predicted octanol–water partition coefficient (Wildman–Crippen LogP) is 3.55. The molecule has 0 aliphatic carbocycles. The zero-order valence-corrected chi connectivity index (χ0v) is 15.4. The topological polar surface area (TPSA) is 47.6 Å². The Hall–Kier alpha value is -1.85. The van der Waals surface area contributed by atoms with Crippen molar-refractivity contribution in [2.75, 3.05) is 26.9 Å². The number of hydrogen-bond acceptors (Lipinski definition) is 4. The lowest BCUT2D eigenvalue weighted by Gasteiger charge is -2.36. The summed E-state index contributed by atoms with van der Waals surface area (Å²) in [6.07, 6.45) is 3.17. The van der Waals surface area contributed by atoms with Gasteiger partial charge in [0.25, 0.3) is 0 Å². The summed E-state index contributed by atoms with van der Waals surface area (Å²) < 4.78 is 10.7. The molecule has 1 aliphatic rings. The fourth-order valence-electron chi connectivity index (χ4n) is 3.26. The van der Waals surface area contributed by atoms with Crippen LogP contribution in [0.4, 0.5) is 0 Å². The molecule has 1 aliphatic heterocycles. The normalized spacial score (nSPS) is 16.4. The minimum atomic E-state index is 0.0300. The number of rotatable bonds is 7. The predicted molar refractivity (Wildman–Crippen MR) is 100 cm³/mol. The van der Waals surface area contributed by atoms with Crippen molar-refractivity contribution in [3.63, 3.8) is 0 Å². The van der Waals surface area contributed by atoms with Crippen LogP contribution in [0.1, 0.15) is 29.7 Å². The maximum absolute atomic E-state index is 12.3. The van der Waals surface area contributed by atoms with Crippen LogP contribution in [-0.4, -0.2) is 32.8 Å². The highest BCUT2D eigenvalue weighted by molar-refractivity contribution is 7.10. The Bertz CT molecular complexity index is 661. The molecule has 1 N–H and O–H groups in total. The van der Waals surface area contributed by atoms with E-state index < -0.39 is 0 Å². The second kappa shape index (κ2) is 8.50. The third kappa shape index (κ3) is 4.61. The van der Waals surface area contributed by atoms with Gasteiger partial charge < -0.3 is 14.8 Å². The summed E-state index contributed by atoms with van der Waals surface area (Å²) in [5.41, 5.74) is 1.18. The Morgan fingerprint density at radius 3 is 2.64 bits per heavy atom. The van der Waals surface area contributed by atoms with Gasteiger partial charge in [-0.1, -0.05) is 18.2 Å². The molecule has 2 aromatic rings. The van der Waals surface area contributed by atoms with Gasteiger partial charge in [-0.15, -0.1) is 11.3 Å². The molecule has 0 bridgehead atoms. The van der Waals surface area contributed by atoms with E-state index in [1.807, 2.05) is 24.3 Å². The van der Waals surface area contributed by atoms with Crippen molar-refractivity contribution in [1.82, 2.24) is 5.32 Å². The van der Waals surface area contributed by atoms with Crippen LogP contribution in [-0.2, 0) is 21.4 Å². The Balaban J connectivity index is 1.53. The van der Waals surface area contributed by atoms with Crippen LogP contribution in [0, 0.1) is 0 Å². The standard InChI is InChI=1S/C20H25NO3S/c1-23-17-7-4-16(5-8-17)6-9-19(22)21-15-20(10-12-24-13-11-20)18-3-2-14-25-18/h2-5,7-8,14H,6,9-13,15H2,1H3,(H,21,22). The number of benzene rings is 1. The summed E-state index contributed by atoms with van der Waals surface area (Å²) in [7, 11) is 1.65. The third-order valence-corrected chi connectivity index (χ3v) is 6.03. The van der Waals surface area contributed by atoms with E-state index in [1.54, 1.807) is 18.4 Å². The Kier molecular flexibility index (Phi) is 6.10. The second-order valence-corrected chi connectivity index (χ2v) is 7.44. The highest BCUT2D eigenvalue weighted by Gasteiger charge is 2.35. The molecule has 0 unspecified atom stereocenters. The third-order valence-electron chi connectivity index (χ3n) is 4.92. The number of carbonyl (C=O) groups is 1. The summed E-state index contributed by atoms with van der Waals surface area (Å²) in [4.78, 5) is 13.7. The summed E-state index contributed by atoms with van der Waals surface area (Å²) >= 11 is 1.77. The molecular formula is C20H25NO3S. The summed E-state index contributed by atoms with van der Waals surface area (Å²) in [5, 5.41) is 5.27. The van der Waals surface area contributed by atoms with Crippen LogP contribution < -0.4 is 10.1 Å². The molecule has 0 spiro atoms. The first-order valence-electron chi connectivity index (χ1n) is 8.73. The number of thiophene rings is 1. The van der Waals surface area contributed by atoms with E-state index in [9.17, 15) is 4.79 Å². The fourth-order valence-corrected chi connectivity index (χ4v) is 4.25. The molecular weight excluding hydrogens is 334 g/mol. The fraction of sp³-hybridized carbons (Fsp3) is 0.450. The molecule has 0 saturated carbocycles. The van der Waals surface area contributed by atoms with Gasteiger partial charge in [0.05, 0.1) is 7.11 Å². The van der Waals surface area contributed by atoms with Crippen LogP contribution >= 0.6 is 11.3 Å². The van der Waals surface area contributed by atoms with Gasteiger partial charge >= 0.3 is 0 Å². The van der Waals surface area contributed by atoms with Crippen molar-refractivity contribution in [3.05, 3.63) is 52.2 Å². The minimum Gasteiger partial charge on any atom is -0.497 e. The molecule has 4 nitrogen and oxygen atoms in total. The van der Waals surface area contributed by atoms with E-state index in [0.717, 1.165) is 43.8 Å². The van der Waals surface area contributed by atoms with Crippen molar-refractivity contribution in [3.8, 4) is 5.75 Å². The van der Waals surface area contributed by atoms with Gasteiger partial charge in [0.2, 0.25) is 5.91 Å². The van der Waals surface area contributed by atoms with Crippen molar-refractivity contribution < 1.29 is 14.3 Å².